The van der Waals surface area contributed by atoms with E-state index in [1.165, 1.54) is 0 Å². The Morgan fingerprint density at radius 1 is 1.30 bits per heavy atom. The van der Waals surface area contributed by atoms with E-state index >= 15 is 0 Å². The number of allylic oxidation sites excluding steroid dienone is 1. The third-order valence-corrected chi connectivity index (χ3v) is 6.40. The molecule has 0 aliphatic heterocycles. The molecule has 0 aliphatic carbocycles. The fourth-order valence-corrected chi connectivity index (χ4v) is 4.23. The molecule has 0 amide bonds. The van der Waals surface area contributed by atoms with Crippen LogP contribution in [0.25, 0.3) is 16.9 Å². The molecule has 8 heteroatoms. The van der Waals surface area contributed by atoms with Gasteiger partial charge in [-0.15, -0.1) is 0 Å². The van der Waals surface area contributed by atoms with Crippen molar-refractivity contribution in [2.24, 2.45) is 0 Å². The van der Waals surface area contributed by atoms with Crippen molar-refractivity contribution < 1.29 is 8.95 Å². The summed E-state index contributed by atoms with van der Waals surface area (Å²) in [6.07, 6.45) is 3.33. The molecule has 1 heterocycles. The summed E-state index contributed by atoms with van der Waals surface area (Å²) >= 11 is 0. The first-order chi connectivity index (χ1) is 15.8. The van der Waals surface area contributed by atoms with Crippen LogP contribution in [0.2, 0.25) is 0 Å². The summed E-state index contributed by atoms with van der Waals surface area (Å²) in [5, 5.41) is 18.1. The molecule has 1 unspecified atom stereocenters. The van der Waals surface area contributed by atoms with E-state index < -0.39 is 11.0 Å². The highest BCUT2D eigenvalue weighted by atomic mass is 32.2. The molecule has 1 atom stereocenters. The first-order valence-electron chi connectivity index (χ1n) is 10.4. The second kappa shape index (κ2) is 10.3. The number of aryl methyl sites for hydroxylation is 1. The van der Waals surface area contributed by atoms with Gasteiger partial charge in [0.2, 0.25) is 0 Å². The topological polar surface area (TPSA) is 83.2 Å². The van der Waals surface area contributed by atoms with Gasteiger partial charge in [-0.1, -0.05) is 30.9 Å². The summed E-state index contributed by atoms with van der Waals surface area (Å²) < 4.78 is 21.4. The van der Waals surface area contributed by atoms with Crippen molar-refractivity contribution in [2.45, 2.75) is 20.8 Å². The predicted octanol–water partition coefficient (Wildman–Crippen LogP) is 5.43. The van der Waals surface area contributed by atoms with Gasteiger partial charge in [-0.2, -0.15) is 5.10 Å². The fourth-order valence-electron chi connectivity index (χ4n) is 3.49. The van der Waals surface area contributed by atoms with Crippen LogP contribution in [0.4, 0.5) is 11.5 Å². The molecule has 172 valence electrons. The zero-order valence-electron chi connectivity index (χ0n) is 19.5. The molecule has 2 aromatic carbocycles. The third kappa shape index (κ3) is 4.90. The Labute approximate surface area is 197 Å². The van der Waals surface area contributed by atoms with Gasteiger partial charge < -0.3 is 15.5 Å². The molecule has 0 spiro atoms. The van der Waals surface area contributed by atoms with Gasteiger partial charge in [0.05, 0.1) is 24.0 Å². The minimum absolute atomic E-state index is 0.364. The highest BCUT2D eigenvalue weighted by molar-refractivity contribution is 7.89. The Morgan fingerprint density at radius 2 is 2.06 bits per heavy atom. The van der Waals surface area contributed by atoms with Gasteiger partial charge in [0, 0.05) is 23.7 Å². The minimum Gasteiger partial charge on any atom is -0.496 e. The SMILES string of the molecule is C=CNc1c(C(C)=N)c(-c2ccc(C)c(OC)c2)nn1-c1cccc(N(C)S(=O)/C=C/C)c1. The lowest BCUT2D eigenvalue weighted by atomic mass is 10.0. The molecular formula is C25H29N5O2S. The lowest BCUT2D eigenvalue weighted by Gasteiger charge is -2.17. The summed E-state index contributed by atoms with van der Waals surface area (Å²) in [6.45, 7) is 9.35. The van der Waals surface area contributed by atoms with Crippen molar-refractivity contribution in [3.63, 3.8) is 0 Å². The zero-order valence-corrected chi connectivity index (χ0v) is 20.4. The summed E-state index contributed by atoms with van der Waals surface area (Å²) in [5.41, 5.74) is 5.07. The molecule has 1 aromatic heterocycles. The van der Waals surface area contributed by atoms with E-state index in [-0.39, 0.29) is 0 Å². The summed E-state index contributed by atoms with van der Waals surface area (Å²) in [6, 6.07) is 13.5. The predicted molar refractivity (Wildman–Crippen MR) is 138 cm³/mol. The lowest BCUT2D eigenvalue weighted by molar-refractivity contribution is 0.412. The molecule has 33 heavy (non-hydrogen) atoms. The average molecular weight is 464 g/mol. The number of anilines is 2. The van der Waals surface area contributed by atoms with Crippen LogP contribution >= 0.6 is 0 Å². The first kappa shape index (κ1) is 24.0. The van der Waals surface area contributed by atoms with E-state index in [0.29, 0.717) is 22.8 Å². The van der Waals surface area contributed by atoms with Gasteiger partial charge in [0.15, 0.2) is 0 Å². The number of hydrogen-bond acceptors (Lipinski definition) is 5. The molecule has 0 fully saturated rings. The average Bonchev–Trinajstić information content (AvgIpc) is 3.19. The van der Waals surface area contributed by atoms with Crippen molar-refractivity contribution in [1.29, 1.82) is 5.41 Å². The van der Waals surface area contributed by atoms with Gasteiger partial charge >= 0.3 is 0 Å². The van der Waals surface area contributed by atoms with Gasteiger partial charge in [0.1, 0.15) is 28.2 Å². The maximum Gasteiger partial charge on any atom is 0.144 e. The van der Waals surface area contributed by atoms with E-state index in [1.54, 1.807) is 47.8 Å². The van der Waals surface area contributed by atoms with Crippen LogP contribution in [0.1, 0.15) is 25.0 Å². The number of methoxy groups -OCH3 is 1. The van der Waals surface area contributed by atoms with Crippen LogP contribution in [-0.4, -0.2) is 33.9 Å². The Balaban J connectivity index is 2.22. The number of ether oxygens (including phenoxy) is 1. The normalized spacial score (nSPS) is 11.9. The molecule has 0 radical (unpaired) electrons. The monoisotopic (exact) mass is 463 g/mol. The van der Waals surface area contributed by atoms with Crippen LogP contribution in [0.5, 0.6) is 5.75 Å². The fraction of sp³-hybridized carbons (Fsp3) is 0.200. The van der Waals surface area contributed by atoms with Crippen molar-refractivity contribution in [3.8, 4) is 22.7 Å². The number of hydrogen-bond donors (Lipinski definition) is 2. The highest BCUT2D eigenvalue weighted by Crippen LogP contribution is 2.34. The first-order valence-corrected chi connectivity index (χ1v) is 11.6. The van der Waals surface area contributed by atoms with Crippen LogP contribution < -0.4 is 14.4 Å². The van der Waals surface area contributed by atoms with Crippen molar-refractivity contribution >= 4 is 28.2 Å². The second-order valence-corrected chi connectivity index (χ2v) is 8.78. The second-order valence-electron chi connectivity index (χ2n) is 7.40. The third-order valence-electron chi connectivity index (χ3n) is 5.14. The standard InChI is InChI=1S/C25H29N5O2S/c1-7-14-33(31)29(5)20-10-9-11-21(16-20)30-25(27-8-2)23(18(4)26)24(28-30)19-13-12-17(3)22(15-19)32-6/h7-16,26-27H,2H2,1,3-6H3/b14-7+,26-18?. The lowest BCUT2D eigenvalue weighted by Crippen LogP contribution is -2.18. The zero-order chi connectivity index (χ0) is 24.1. The van der Waals surface area contributed by atoms with Crippen LogP contribution in [0, 0.1) is 12.3 Å². The number of aromatic nitrogens is 2. The van der Waals surface area contributed by atoms with E-state index in [0.717, 1.165) is 28.3 Å². The summed E-state index contributed by atoms with van der Waals surface area (Å²) in [7, 11) is 2.12. The smallest absolute Gasteiger partial charge is 0.144 e. The molecule has 3 rings (SSSR count). The molecule has 0 saturated heterocycles. The maximum absolute atomic E-state index is 12.4. The van der Waals surface area contributed by atoms with Crippen LogP contribution in [0.15, 0.2) is 66.7 Å². The van der Waals surface area contributed by atoms with E-state index in [4.69, 9.17) is 15.2 Å². The van der Waals surface area contributed by atoms with Gasteiger partial charge in [-0.05, 0) is 56.8 Å². The van der Waals surface area contributed by atoms with Crippen LogP contribution in [0.3, 0.4) is 0 Å². The number of benzene rings is 2. The van der Waals surface area contributed by atoms with Crippen LogP contribution in [-0.2, 0) is 11.0 Å². The Morgan fingerprint density at radius 3 is 2.70 bits per heavy atom. The number of nitrogens with zero attached hydrogens (tertiary/aromatic N) is 3. The summed E-state index contributed by atoms with van der Waals surface area (Å²) in [5.74, 6) is 1.38. The van der Waals surface area contributed by atoms with E-state index in [9.17, 15) is 4.21 Å². The highest BCUT2D eigenvalue weighted by Gasteiger charge is 2.22. The number of nitrogens with one attached hydrogen (secondary N) is 2. The minimum atomic E-state index is -1.29. The van der Waals surface area contributed by atoms with E-state index in [2.05, 4.69) is 11.9 Å². The van der Waals surface area contributed by atoms with Gasteiger partial charge in [0.25, 0.3) is 0 Å². The Hall–Kier alpha value is -3.65. The molecule has 3 aromatic rings. The van der Waals surface area contributed by atoms with Crippen molar-refractivity contribution in [3.05, 3.63) is 77.9 Å². The van der Waals surface area contributed by atoms with Gasteiger partial charge in [-0.25, -0.2) is 8.89 Å². The molecule has 0 saturated carbocycles. The maximum atomic E-state index is 12.4. The van der Waals surface area contributed by atoms with Crippen molar-refractivity contribution in [1.82, 2.24) is 9.78 Å². The Kier molecular flexibility index (Phi) is 7.50. The molecule has 0 aliphatic rings. The molecule has 7 nitrogen and oxygen atoms in total. The Bertz CT molecular complexity index is 1250. The van der Waals surface area contributed by atoms with E-state index in [1.807, 2.05) is 56.3 Å². The number of rotatable bonds is 9. The molecule has 2 N–H and O–H groups in total. The quantitative estimate of drug-likeness (QED) is 0.414. The molecular weight excluding hydrogens is 434 g/mol. The van der Waals surface area contributed by atoms with Crippen molar-refractivity contribution in [2.75, 3.05) is 23.8 Å². The van der Waals surface area contributed by atoms with Gasteiger partial charge in [-0.3, -0.25) is 4.31 Å². The summed E-state index contributed by atoms with van der Waals surface area (Å²) in [4.78, 5) is 0. The molecule has 0 bridgehead atoms. The largest absolute Gasteiger partial charge is 0.496 e.